The first-order chi connectivity index (χ1) is 15.4. The number of amidine groups is 1. The summed E-state index contributed by atoms with van der Waals surface area (Å²) in [4.78, 5) is 33.1. The molecule has 0 spiro atoms. The molecular weight excluding hydrogens is 408 g/mol. The summed E-state index contributed by atoms with van der Waals surface area (Å²) >= 11 is 0. The second-order valence-electron chi connectivity index (χ2n) is 8.20. The van der Waals surface area contributed by atoms with E-state index < -0.39 is 11.9 Å². The standard InChI is InChI=1S/C24H28N4O4/c1-27(2)17-10-12-28(13-11-17)24-18-14-16(25-22(29)15-23(30)31-3)8-9-20(18)32-21-7-5-4-6-19(21)26-24/h4-9,14,17H,10-13,15H2,1-3H3,(H,25,29). The van der Waals surface area contributed by atoms with Crippen molar-refractivity contribution in [1.29, 1.82) is 0 Å². The SMILES string of the molecule is COC(=O)CC(=O)Nc1ccc2c(c1)C(N1CCC(N(C)C)CC1)=Nc1ccccc1O2. The highest BCUT2D eigenvalue weighted by Crippen LogP contribution is 2.39. The van der Waals surface area contributed by atoms with Crippen LogP contribution in [0.25, 0.3) is 0 Å². The molecule has 0 saturated carbocycles. The van der Waals surface area contributed by atoms with E-state index in [2.05, 4.69) is 33.9 Å². The summed E-state index contributed by atoms with van der Waals surface area (Å²) in [6.45, 7) is 1.75. The third kappa shape index (κ3) is 4.75. The van der Waals surface area contributed by atoms with Gasteiger partial charge in [-0.25, -0.2) is 4.99 Å². The van der Waals surface area contributed by atoms with Crippen molar-refractivity contribution in [3.05, 3.63) is 48.0 Å². The van der Waals surface area contributed by atoms with Crippen LogP contribution in [0, 0.1) is 0 Å². The summed E-state index contributed by atoms with van der Waals surface area (Å²) < 4.78 is 10.8. The minimum Gasteiger partial charge on any atom is -0.469 e. The molecule has 1 N–H and O–H groups in total. The van der Waals surface area contributed by atoms with E-state index in [1.807, 2.05) is 36.4 Å². The largest absolute Gasteiger partial charge is 0.469 e. The highest BCUT2D eigenvalue weighted by atomic mass is 16.5. The lowest BCUT2D eigenvalue weighted by Crippen LogP contribution is -2.44. The predicted octanol–water partition coefficient (Wildman–Crippen LogP) is 3.40. The zero-order valence-corrected chi connectivity index (χ0v) is 18.6. The molecule has 2 aromatic carbocycles. The van der Waals surface area contributed by atoms with E-state index in [1.54, 1.807) is 6.07 Å². The number of carbonyl (C=O) groups is 2. The van der Waals surface area contributed by atoms with Crippen LogP contribution in [-0.2, 0) is 14.3 Å². The first-order valence-corrected chi connectivity index (χ1v) is 10.7. The predicted molar refractivity (Wildman–Crippen MR) is 123 cm³/mol. The third-order valence-electron chi connectivity index (χ3n) is 5.84. The fourth-order valence-electron chi connectivity index (χ4n) is 4.04. The first kappa shape index (κ1) is 21.8. The number of amides is 1. The number of aliphatic imine (C=N–C) groups is 1. The number of ether oxygens (including phenoxy) is 2. The number of piperidine rings is 1. The van der Waals surface area contributed by atoms with Crippen molar-refractivity contribution in [3.8, 4) is 11.5 Å². The van der Waals surface area contributed by atoms with Gasteiger partial charge in [-0.05, 0) is 57.3 Å². The Kier molecular flexibility index (Phi) is 6.41. The number of rotatable bonds is 4. The molecule has 0 atom stereocenters. The van der Waals surface area contributed by atoms with Gasteiger partial charge < -0.3 is 24.6 Å². The van der Waals surface area contributed by atoms with Crippen molar-refractivity contribution in [2.75, 3.05) is 39.6 Å². The van der Waals surface area contributed by atoms with E-state index in [9.17, 15) is 9.59 Å². The molecular formula is C24H28N4O4. The van der Waals surface area contributed by atoms with Crippen LogP contribution < -0.4 is 10.1 Å². The molecule has 1 fully saturated rings. The molecule has 8 heteroatoms. The minimum absolute atomic E-state index is 0.339. The maximum absolute atomic E-state index is 12.2. The average molecular weight is 437 g/mol. The second kappa shape index (κ2) is 9.40. The van der Waals surface area contributed by atoms with Gasteiger partial charge in [-0.15, -0.1) is 0 Å². The van der Waals surface area contributed by atoms with Gasteiger partial charge in [0, 0.05) is 24.8 Å². The van der Waals surface area contributed by atoms with Crippen LogP contribution in [0.4, 0.5) is 11.4 Å². The number of hydrogen-bond donors (Lipinski definition) is 1. The van der Waals surface area contributed by atoms with E-state index in [1.165, 1.54) is 7.11 Å². The topological polar surface area (TPSA) is 83.5 Å². The summed E-state index contributed by atoms with van der Waals surface area (Å²) in [6.07, 6.45) is 1.74. The molecule has 32 heavy (non-hydrogen) atoms. The molecule has 2 heterocycles. The molecule has 2 aliphatic heterocycles. The monoisotopic (exact) mass is 436 g/mol. The number of likely N-dealkylation sites (tertiary alicyclic amines) is 1. The number of carbonyl (C=O) groups excluding carboxylic acids is 2. The Bertz CT molecular complexity index is 1040. The number of benzene rings is 2. The quantitative estimate of drug-likeness (QED) is 0.584. The van der Waals surface area contributed by atoms with Crippen LogP contribution in [0.5, 0.6) is 11.5 Å². The molecule has 0 bridgehead atoms. The Hall–Kier alpha value is -3.39. The van der Waals surface area contributed by atoms with Crippen LogP contribution in [0.2, 0.25) is 0 Å². The lowest BCUT2D eigenvalue weighted by Gasteiger charge is -2.37. The van der Waals surface area contributed by atoms with E-state index >= 15 is 0 Å². The van der Waals surface area contributed by atoms with Gasteiger partial charge in [-0.3, -0.25) is 9.59 Å². The van der Waals surface area contributed by atoms with Crippen LogP contribution in [0.1, 0.15) is 24.8 Å². The van der Waals surface area contributed by atoms with Crippen LogP contribution in [0.3, 0.4) is 0 Å². The molecule has 1 saturated heterocycles. The van der Waals surface area contributed by atoms with Crippen LogP contribution in [0.15, 0.2) is 47.5 Å². The van der Waals surface area contributed by atoms with Gasteiger partial charge >= 0.3 is 5.97 Å². The van der Waals surface area contributed by atoms with Gasteiger partial charge in [0.05, 0.1) is 12.7 Å². The van der Waals surface area contributed by atoms with Gasteiger partial charge in [0.2, 0.25) is 5.91 Å². The Morgan fingerprint density at radius 3 is 2.62 bits per heavy atom. The Labute approximate surface area is 187 Å². The number of nitrogens with zero attached hydrogens (tertiary/aromatic N) is 3. The van der Waals surface area contributed by atoms with Gasteiger partial charge in [0.25, 0.3) is 0 Å². The van der Waals surface area contributed by atoms with Gasteiger partial charge in [0.1, 0.15) is 23.7 Å². The summed E-state index contributed by atoms with van der Waals surface area (Å²) in [7, 11) is 5.49. The zero-order valence-electron chi connectivity index (χ0n) is 18.6. The van der Waals surface area contributed by atoms with Crippen LogP contribution >= 0.6 is 0 Å². The summed E-state index contributed by atoms with van der Waals surface area (Å²) in [5.74, 6) is 1.18. The number of methoxy groups -OCH3 is 1. The first-order valence-electron chi connectivity index (χ1n) is 10.7. The molecule has 0 aliphatic carbocycles. The van der Waals surface area contributed by atoms with Crippen molar-refractivity contribution >= 4 is 29.1 Å². The average Bonchev–Trinajstić information content (AvgIpc) is 2.95. The van der Waals surface area contributed by atoms with Gasteiger partial charge in [-0.1, -0.05) is 12.1 Å². The molecule has 2 aliphatic rings. The summed E-state index contributed by atoms with van der Waals surface area (Å²) in [5.41, 5.74) is 2.15. The van der Waals surface area contributed by atoms with Gasteiger partial charge in [0.15, 0.2) is 5.75 Å². The van der Waals surface area contributed by atoms with Crippen molar-refractivity contribution in [1.82, 2.24) is 9.80 Å². The maximum atomic E-state index is 12.2. The fraction of sp³-hybridized carbons (Fsp3) is 0.375. The molecule has 0 radical (unpaired) electrons. The van der Waals surface area contributed by atoms with Crippen molar-refractivity contribution in [2.24, 2.45) is 4.99 Å². The molecule has 0 aromatic heterocycles. The minimum atomic E-state index is -0.581. The molecule has 1 amide bonds. The lowest BCUT2D eigenvalue weighted by atomic mass is 10.0. The number of para-hydroxylation sites is 2. The molecule has 4 rings (SSSR count). The van der Waals surface area contributed by atoms with E-state index in [0.717, 1.165) is 43.0 Å². The van der Waals surface area contributed by atoms with Crippen molar-refractivity contribution < 1.29 is 19.1 Å². The number of nitrogens with one attached hydrogen (secondary N) is 1. The maximum Gasteiger partial charge on any atom is 0.315 e. The van der Waals surface area contributed by atoms with E-state index in [0.29, 0.717) is 23.2 Å². The van der Waals surface area contributed by atoms with Crippen molar-refractivity contribution in [3.63, 3.8) is 0 Å². The van der Waals surface area contributed by atoms with Gasteiger partial charge in [-0.2, -0.15) is 0 Å². The number of fused-ring (bicyclic) bond motifs is 2. The van der Waals surface area contributed by atoms with E-state index in [-0.39, 0.29) is 6.42 Å². The highest BCUT2D eigenvalue weighted by molar-refractivity contribution is 6.06. The molecule has 8 nitrogen and oxygen atoms in total. The molecule has 0 unspecified atom stereocenters. The Balaban J connectivity index is 1.66. The normalized spacial score (nSPS) is 15.8. The Morgan fingerprint density at radius 1 is 1.16 bits per heavy atom. The Morgan fingerprint density at radius 2 is 1.91 bits per heavy atom. The highest BCUT2D eigenvalue weighted by Gasteiger charge is 2.28. The number of anilines is 1. The van der Waals surface area contributed by atoms with Crippen LogP contribution in [-0.4, -0.2) is 67.8 Å². The lowest BCUT2D eigenvalue weighted by molar-refractivity contribution is -0.142. The summed E-state index contributed by atoms with van der Waals surface area (Å²) in [5, 5.41) is 2.77. The molecule has 2 aromatic rings. The summed E-state index contributed by atoms with van der Waals surface area (Å²) in [6, 6.07) is 13.7. The van der Waals surface area contributed by atoms with E-state index in [4.69, 9.17) is 9.73 Å². The second-order valence-corrected chi connectivity index (χ2v) is 8.20. The number of esters is 1. The zero-order chi connectivity index (χ0) is 22.7. The smallest absolute Gasteiger partial charge is 0.315 e. The third-order valence-corrected chi connectivity index (χ3v) is 5.84. The van der Waals surface area contributed by atoms with Crippen molar-refractivity contribution in [2.45, 2.75) is 25.3 Å². The molecule has 168 valence electrons. The number of hydrogen-bond acceptors (Lipinski definition) is 7. The fourth-order valence-corrected chi connectivity index (χ4v) is 4.04.